The molecule has 0 aromatic carbocycles. The van der Waals surface area contributed by atoms with Crippen molar-refractivity contribution in [3.8, 4) is 0 Å². The van der Waals surface area contributed by atoms with Crippen LogP contribution in [0.15, 0.2) is 0 Å². The van der Waals surface area contributed by atoms with Gasteiger partial charge in [-0.3, -0.25) is 9.59 Å². The second-order valence-corrected chi connectivity index (χ2v) is 6.22. The molecule has 23 heavy (non-hydrogen) atoms. The van der Waals surface area contributed by atoms with Crippen molar-refractivity contribution in [1.29, 1.82) is 0 Å². The highest BCUT2D eigenvalue weighted by atomic mass is 16.5. The number of nitrogens with one attached hydrogen (secondary N) is 2. The van der Waals surface area contributed by atoms with E-state index < -0.39 is 12.0 Å². The molecule has 0 bridgehead atoms. The third kappa shape index (κ3) is 5.41. The lowest BCUT2D eigenvalue weighted by molar-refractivity contribution is -0.141. The first-order chi connectivity index (χ1) is 11.1. The van der Waals surface area contributed by atoms with Gasteiger partial charge in [0.1, 0.15) is 6.54 Å². The van der Waals surface area contributed by atoms with Gasteiger partial charge in [-0.25, -0.2) is 4.79 Å². The van der Waals surface area contributed by atoms with Crippen LogP contribution in [0.4, 0.5) is 4.79 Å². The van der Waals surface area contributed by atoms with E-state index in [4.69, 9.17) is 4.74 Å². The topological polar surface area (TPSA) is 87.7 Å². The third-order valence-corrected chi connectivity index (χ3v) is 4.46. The summed E-state index contributed by atoms with van der Waals surface area (Å²) in [4.78, 5) is 37.1. The molecule has 1 aliphatic heterocycles. The monoisotopic (exact) mass is 325 g/mol. The number of ether oxygens (including phenoxy) is 1. The molecule has 7 nitrogen and oxygen atoms in total. The number of urea groups is 1. The second-order valence-electron chi connectivity index (χ2n) is 6.22. The van der Waals surface area contributed by atoms with Crippen LogP contribution in [0, 0.1) is 0 Å². The predicted octanol–water partition coefficient (Wildman–Crippen LogP) is 1.17. The van der Waals surface area contributed by atoms with E-state index in [1.165, 1.54) is 25.7 Å². The van der Waals surface area contributed by atoms with Crippen LogP contribution < -0.4 is 10.6 Å². The number of rotatable bonds is 5. The average molecular weight is 325 g/mol. The molecule has 1 atom stereocenters. The minimum Gasteiger partial charge on any atom is -0.465 e. The van der Waals surface area contributed by atoms with Gasteiger partial charge in [0.2, 0.25) is 5.91 Å². The molecule has 1 saturated heterocycles. The Bertz CT molecular complexity index is 433. The molecule has 7 heteroatoms. The maximum Gasteiger partial charge on any atom is 0.325 e. The number of esters is 1. The molecule has 1 heterocycles. The number of likely N-dealkylation sites (tertiary alicyclic amines) is 1. The summed E-state index contributed by atoms with van der Waals surface area (Å²) >= 11 is 0. The van der Waals surface area contributed by atoms with Gasteiger partial charge in [-0.2, -0.15) is 0 Å². The van der Waals surface area contributed by atoms with Gasteiger partial charge >= 0.3 is 12.0 Å². The van der Waals surface area contributed by atoms with E-state index in [-0.39, 0.29) is 25.1 Å². The van der Waals surface area contributed by atoms with Crippen LogP contribution in [-0.2, 0) is 14.3 Å². The molecule has 0 radical (unpaired) electrons. The van der Waals surface area contributed by atoms with Crippen molar-refractivity contribution in [3.05, 3.63) is 0 Å². The Kier molecular flexibility index (Phi) is 6.67. The van der Waals surface area contributed by atoms with Crippen molar-refractivity contribution in [3.63, 3.8) is 0 Å². The Hall–Kier alpha value is -1.79. The highest BCUT2D eigenvalue weighted by Gasteiger charge is 2.35. The molecule has 1 aliphatic carbocycles. The average Bonchev–Trinajstić information content (AvgIpc) is 2.73. The van der Waals surface area contributed by atoms with Crippen LogP contribution in [0.3, 0.4) is 0 Å². The highest BCUT2D eigenvalue weighted by molar-refractivity contribution is 5.83. The van der Waals surface area contributed by atoms with Gasteiger partial charge in [-0.1, -0.05) is 25.7 Å². The molecule has 1 saturated carbocycles. The molecule has 2 aliphatic rings. The summed E-state index contributed by atoms with van der Waals surface area (Å²) in [6.45, 7) is 2.41. The van der Waals surface area contributed by atoms with Crippen molar-refractivity contribution in [2.24, 2.45) is 0 Å². The maximum absolute atomic E-state index is 12.2. The maximum atomic E-state index is 12.2. The second kappa shape index (κ2) is 8.74. The van der Waals surface area contributed by atoms with Crippen LogP contribution in [-0.4, -0.2) is 54.6 Å². The highest BCUT2D eigenvalue weighted by Crippen LogP contribution is 2.25. The summed E-state index contributed by atoms with van der Waals surface area (Å²) in [6, 6.07) is -0.300. The van der Waals surface area contributed by atoms with E-state index in [0.717, 1.165) is 12.8 Å². The zero-order chi connectivity index (χ0) is 16.7. The van der Waals surface area contributed by atoms with Crippen molar-refractivity contribution in [2.75, 3.05) is 19.7 Å². The molecular weight excluding hydrogens is 298 g/mol. The quantitative estimate of drug-likeness (QED) is 0.587. The minimum absolute atomic E-state index is 0.118. The molecule has 0 spiro atoms. The number of hydrogen-bond donors (Lipinski definition) is 2. The summed E-state index contributed by atoms with van der Waals surface area (Å²) in [5.74, 6) is -0.349. The lowest BCUT2D eigenvalue weighted by Crippen LogP contribution is -2.45. The smallest absolute Gasteiger partial charge is 0.325 e. The fourth-order valence-corrected chi connectivity index (χ4v) is 3.35. The lowest BCUT2D eigenvalue weighted by Gasteiger charge is -2.27. The molecule has 0 aromatic rings. The first-order valence-electron chi connectivity index (χ1n) is 8.59. The Morgan fingerprint density at radius 3 is 2.57 bits per heavy atom. The number of hydrogen-bond acceptors (Lipinski definition) is 4. The number of carbonyl (C=O) groups is 3. The zero-order valence-corrected chi connectivity index (χ0v) is 13.8. The van der Waals surface area contributed by atoms with Crippen molar-refractivity contribution < 1.29 is 19.1 Å². The molecule has 2 N–H and O–H groups in total. The predicted molar refractivity (Wildman–Crippen MR) is 84.8 cm³/mol. The van der Waals surface area contributed by atoms with Gasteiger partial charge < -0.3 is 20.3 Å². The van der Waals surface area contributed by atoms with E-state index >= 15 is 0 Å². The molecule has 0 unspecified atom stereocenters. The molecule has 130 valence electrons. The van der Waals surface area contributed by atoms with Crippen LogP contribution in [0.25, 0.3) is 0 Å². The Labute approximate surface area is 137 Å². The lowest BCUT2D eigenvalue weighted by atomic mass is 10.1. The number of carbonyl (C=O) groups excluding carboxylic acids is 3. The normalized spacial score (nSPS) is 22.6. The largest absolute Gasteiger partial charge is 0.465 e. The first kappa shape index (κ1) is 17.6. The van der Waals surface area contributed by atoms with Crippen molar-refractivity contribution in [1.82, 2.24) is 15.5 Å². The summed E-state index contributed by atoms with van der Waals surface area (Å²) in [5, 5.41) is 5.23. The van der Waals surface area contributed by atoms with E-state index in [0.29, 0.717) is 19.0 Å². The van der Waals surface area contributed by atoms with Crippen LogP contribution >= 0.6 is 0 Å². The van der Waals surface area contributed by atoms with Crippen molar-refractivity contribution >= 4 is 17.9 Å². The van der Waals surface area contributed by atoms with Crippen LogP contribution in [0.5, 0.6) is 0 Å². The summed E-state index contributed by atoms with van der Waals surface area (Å²) in [5.41, 5.74) is 0. The van der Waals surface area contributed by atoms with E-state index in [1.807, 2.05) is 4.90 Å². The SMILES string of the molecule is CCOC(=O)CNC(=O)N[C@H]1CC(=O)N(C2CCCCCC2)C1. The first-order valence-corrected chi connectivity index (χ1v) is 8.59. The Morgan fingerprint density at radius 1 is 1.22 bits per heavy atom. The Morgan fingerprint density at radius 2 is 1.91 bits per heavy atom. The summed E-state index contributed by atoms with van der Waals surface area (Å²) in [7, 11) is 0. The van der Waals surface area contributed by atoms with Gasteiger partial charge in [0, 0.05) is 19.0 Å². The number of nitrogens with zero attached hydrogens (tertiary/aromatic N) is 1. The minimum atomic E-state index is -0.467. The fourth-order valence-electron chi connectivity index (χ4n) is 3.35. The number of amides is 3. The van der Waals surface area contributed by atoms with Crippen molar-refractivity contribution in [2.45, 2.75) is 64.0 Å². The molecular formula is C16H27N3O4. The van der Waals surface area contributed by atoms with Gasteiger partial charge in [-0.05, 0) is 19.8 Å². The Balaban J connectivity index is 1.75. The van der Waals surface area contributed by atoms with E-state index in [2.05, 4.69) is 10.6 Å². The molecule has 0 aromatic heterocycles. The summed E-state index contributed by atoms with van der Waals surface area (Å²) in [6.07, 6.45) is 7.30. The molecule has 2 fully saturated rings. The third-order valence-electron chi connectivity index (χ3n) is 4.46. The van der Waals surface area contributed by atoms with Crippen LogP contribution in [0.1, 0.15) is 51.9 Å². The zero-order valence-electron chi connectivity index (χ0n) is 13.8. The molecule has 2 rings (SSSR count). The standard InChI is InChI=1S/C16H27N3O4/c1-2-23-15(21)10-17-16(22)18-12-9-14(20)19(11-12)13-7-5-3-4-6-8-13/h12-13H,2-11H2,1H3,(H2,17,18,22)/t12-/m0/s1. The van der Waals surface area contributed by atoms with Gasteiger partial charge in [0.15, 0.2) is 0 Å². The fraction of sp³-hybridized carbons (Fsp3) is 0.812. The van der Waals surface area contributed by atoms with Gasteiger partial charge in [-0.15, -0.1) is 0 Å². The summed E-state index contributed by atoms with van der Waals surface area (Å²) < 4.78 is 4.74. The van der Waals surface area contributed by atoms with E-state index in [9.17, 15) is 14.4 Å². The van der Waals surface area contributed by atoms with Crippen LogP contribution in [0.2, 0.25) is 0 Å². The van der Waals surface area contributed by atoms with E-state index in [1.54, 1.807) is 6.92 Å². The molecule has 3 amide bonds. The van der Waals surface area contributed by atoms with Gasteiger partial charge in [0.05, 0.1) is 12.6 Å². The van der Waals surface area contributed by atoms with Gasteiger partial charge in [0.25, 0.3) is 0 Å².